The number of aryl methyl sites for hydroxylation is 1. The van der Waals surface area contributed by atoms with Crippen molar-refractivity contribution in [2.75, 3.05) is 10.6 Å². The van der Waals surface area contributed by atoms with Crippen LogP contribution in [0.15, 0.2) is 60.8 Å². The zero-order valence-electron chi connectivity index (χ0n) is 14.7. The summed E-state index contributed by atoms with van der Waals surface area (Å²) in [4.78, 5) is 16.6. The predicted molar refractivity (Wildman–Crippen MR) is 102 cm³/mol. The molecular formula is C21H20FN3O. The highest BCUT2D eigenvalue weighted by Crippen LogP contribution is 2.19. The molecule has 5 heteroatoms. The van der Waals surface area contributed by atoms with E-state index in [0.717, 1.165) is 16.8 Å². The van der Waals surface area contributed by atoms with Gasteiger partial charge in [0.25, 0.3) is 5.91 Å². The Morgan fingerprint density at radius 2 is 1.88 bits per heavy atom. The lowest BCUT2D eigenvalue weighted by atomic mass is 10.1. The van der Waals surface area contributed by atoms with Gasteiger partial charge >= 0.3 is 0 Å². The standard InChI is InChI=1S/C21H20FN3O/c1-14-6-5-9-19(15(14)2)25-21(26)20-12-17(10-11-23-20)24-13-16-7-3-4-8-18(16)22/h3-12H,13H2,1-2H3,(H,23,24)(H,25,26). The second-order valence-electron chi connectivity index (χ2n) is 6.08. The van der Waals surface area contributed by atoms with Crippen LogP contribution in [0.5, 0.6) is 0 Å². The van der Waals surface area contributed by atoms with E-state index in [1.54, 1.807) is 36.5 Å². The number of anilines is 2. The van der Waals surface area contributed by atoms with Crippen molar-refractivity contribution in [3.63, 3.8) is 0 Å². The third-order valence-electron chi connectivity index (χ3n) is 4.29. The molecule has 0 radical (unpaired) electrons. The highest BCUT2D eigenvalue weighted by atomic mass is 19.1. The molecule has 0 aliphatic carbocycles. The van der Waals surface area contributed by atoms with Gasteiger partial charge in [0.2, 0.25) is 0 Å². The number of halogens is 1. The third-order valence-corrected chi connectivity index (χ3v) is 4.29. The van der Waals surface area contributed by atoms with Crippen LogP contribution in [-0.2, 0) is 6.54 Å². The Balaban J connectivity index is 1.71. The predicted octanol–water partition coefficient (Wildman–Crippen LogP) is 4.70. The van der Waals surface area contributed by atoms with Gasteiger partial charge in [0, 0.05) is 29.7 Å². The maximum atomic E-state index is 13.7. The summed E-state index contributed by atoms with van der Waals surface area (Å²) in [5.41, 5.74) is 4.46. The molecule has 3 rings (SSSR count). The number of amides is 1. The van der Waals surface area contributed by atoms with Crippen LogP contribution in [-0.4, -0.2) is 10.9 Å². The Labute approximate surface area is 152 Å². The van der Waals surface area contributed by atoms with Gasteiger partial charge in [-0.05, 0) is 49.2 Å². The van der Waals surface area contributed by atoms with Crippen molar-refractivity contribution in [1.29, 1.82) is 0 Å². The van der Waals surface area contributed by atoms with E-state index in [0.29, 0.717) is 23.5 Å². The molecule has 2 N–H and O–H groups in total. The SMILES string of the molecule is Cc1cccc(NC(=O)c2cc(NCc3ccccc3F)ccn2)c1C. The molecule has 1 amide bonds. The van der Waals surface area contributed by atoms with Crippen LogP contribution in [0.25, 0.3) is 0 Å². The van der Waals surface area contributed by atoms with Crippen LogP contribution in [0.3, 0.4) is 0 Å². The molecular weight excluding hydrogens is 329 g/mol. The maximum absolute atomic E-state index is 13.7. The van der Waals surface area contributed by atoms with Crippen LogP contribution < -0.4 is 10.6 Å². The van der Waals surface area contributed by atoms with E-state index in [-0.39, 0.29) is 11.7 Å². The van der Waals surface area contributed by atoms with Gasteiger partial charge in [-0.1, -0.05) is 30.3 Å². The van der Waals surface area contributed by atoms with E-state index in [4.69, 9.17) is 0 Å². The first-order chi connectivity index (χ1) is 12.5. The molecule has 0 aliphatic rings. The van der Waals surface area contributed by atoms with Crippen LogP contribution >= 0.6 is 0 Å². The molecule has 4 nitrogen and oxygen atoms in total. The summed E-state index contributed by atoms with van der Waals surface area (Å²) < 4.78 is 13.7. The molecule has 0 saturated heterocycles. The Bertz CT molecular complexity index is 940. The molecule has 0 fully saturated rings. The molecule has 132 valence electrons. The van der Waals surface area contributed by atoms with Gasteiger partial charge in [0.05, 0.1) is 0 Å². The van der Waals surface area contributed by atoms with E-state index in [2.05, 4.69) is 15.6 Å². The molecule has 2 aromatic carbocycles. The number of aromatic nitrogens is 1. The molecule has 0 unspecified atom stereocenters. The minimum Gasteiger partial charge on any atom is -0.381 e. The highest BCUT2D eigenvalue weighted by Gasteiger charge is 2.11. The lowest BCUT2D eigenvalue weighted by Crippen LogP contribution is -2.15. The average molecular weight is 349 g/mol. The van der Waals surface area contributed by atoms with Crippen molar-refractivity contribution in [3.05, 3.63) is 89.0 Å². The van der Waals surface area contributed by atoms with E-state index in [9.17, 15) is 9.18 Å². The molecule has 0 spiro atoms. The van der Waals surface area contributed by atoms with Gasteiger partial charge in [0.15, 0.2) is 0 Å². The molecule has 26 heavy (non-hydrogen) atoms. The third kappa shape index (κ3) is 4.06. The number of nitrogens with one attached hydrogen (secondary N) is 2. The summed E-state index contributed by atoms with van der Waals surface area (Å²) in [5.74, 6) is -0.546. The van der Waals surface area contributed by atoms with E-state index < -0.39 is 0 Å². The number of rotatable bonds is 5. The zero-order valence-corrected chi connectivity index (χ0v) is 14.7. The first kappa shape index (κ1) is 17.6. The summed E-state index contributed by atoms with van der Waals surface area (Å²) in [7, 11) is 0. The van der Waals surface area contributed by atoms with Crippen molar-refractivity contribution in [2.24, 2.45) is 0 Å². The highest BCUT2D eigenvalue weighted by molar-refractivity contribution is 6.03. The second kappa shape index (κ2) is 7.78. The van der Waals surface area contributed by atoms with E-state index >= 15 is 0 Å². The van der Waals surface area contributed by atoms with E-state index in [1.807, 2.05) is 32.0 Å². The Morgan fingerprint density at radius 3 is 2.69 bits per heavy atom. The van der Waals surface area contributed by atoms with Gasteiger partial charge in [0.1, 0.15) is 11.5 Å². The lowest BCUT2D eigenvalue weighted by molar-refractivity contribution is 0.102. The molecule has 0 bridgehead atoms. The topological polar surface area (TPSA) is 54.0 Å². The normalized spacial score (nSPS) is 10.4. The average Bonchev–Trinajstić information content (AvgIpc) is 2.65. The van der Waals surface area contributed by atoms with Crippen molar-refractivity contribution >= 4 is 17.3 Å². The van der Waals surface area contributed by atoms with Gasteiger partial charge < -0.3 is 10.6 Å². The fourth-order valence-electron chi connectivity index (χ4n) is 2.58. The number of benzene rings is 2. The summed E-state index contributed by atoms with van der Waals surface area (Å²) in [6, 6.07) is 15.7. The smallest absolute Gasteiger partial charge is 0.274 e. The van der Waals surface area contributed by atoms with Gasteiger partial charge in [-0.15, -0.1) is 0 Å². The summed E-state index contributed by atoms with van der Waals surface area (Å²) in [5, 5.41) is 6.01. The Morgan fingerprint density at radius 1 is 1.08 bits per heavy atom. The number of pyridine rings is 1. The fraction of sp³-hybridized carbons (Fsp3) is 0.143. The first-order valence-electron chi connectivity index (χ1n) is 8.35. The van der Waals surface area contributed by atoms with Crippen LogP contribution in [0.1, 0.15) is 27.2 Å². The lowest BCUT2D eigenvalue weighted by Gasteiger charge is -2.11. The van der Waals surface area contributed by atoms with Crippen molar-refractivity contribution in [1.82, 2.24) is 4.98 Å². The van der Waals surface area contributed by atoms with Crippen LogP contribution in [0.2, 0.25) is 0 Å². The van der Waals surface area contributed by atoms with Crippen molar-refractivity contribution in [2.45, 2.75) is 20.4 Å². The first-order valence-corrected chi connectivity index (χ1v) is 8.35. The number of carbonyl (C=O) groups is 1. The van der Waals surface area contributed by atoms with Gasteiger partial charge in [-0.25, -0.2) is 4.39 Å². The quantitative estimate of drug-likeness (QED) is 0.702. The minimum atomic E-state index is -0.284. The fourth-order valence-corrected chi connectivity index (χ4v) is 2.58. The molecule has 1 aromatic heterocycles. The molecule has 0 atom stereocenters. The molecule has 1 heterocycles. The zero-order chi connectivity index (χ0) is 18.5. The van der Waals surface area contributed by atoms with Crippen molar-refractivity contribution in [3.8, 4) is 0 Å². The van der Waals surface area contributed by atoms with E-state index in [1.165, 1.54) is 6.07 Å². The van der Waals surface area contributed by atoms with Gasteiger partial charge in [-0.3, -0.25) is 9.78 Å². The molecule has 3 aromatic rings. The molecule has 0 saturated carbocycles. The van der Waals surface area contributed by atoms with Gasteiger partial charge in [-0.2, -0.15) is 0 Å². The minimum absolute atomic E-state index is 0.262. The molecule has 0 aliphatic heterocycles. The van der Waals surface area contributed by atoms with Crippen molar-refractivity contribution < 1.29 is 9.18 Å². The monoisotopic (exact) mass is 349 g/mol. The summed E-state index contributed by atoms with van der Waals surface area (Å²) in [6.07, 6.45) is 1.56. The summed E-state index contributed by atoms with van der Waals surface area (Å²) in [6.45, 7) is 4.29. The maximum Gasteiger partial charge on any atom is 0.274 e. The number of hydrogen-bond acceptors (Lipinski definition) is 3. The second-order valence-corrected chi connectivity index (χ2v) is 6.08. The number of carbonyl (C=O) groups excluding carboxylic acids is 1. The number of hydrogen-bond donors (Lipinski definition) is 2. The number of nitrogens with zero attached hydrogens (tertiary/aromatic N) is 1. The largest absolute Gasteiger partial charge is 0.381 e. The Kier molecular flexibility index (Phi) is 5.27. The Hall–Kier alpha value is -3.21. The van der Waals surface area contributed by atoms with Crippen LogP contribution in [0.4, 0.5) is 15.8 Å². The summed E-state index contributed by atoms with van der Waals surface area (Å²) >= 11 is 0. The van der Waals surface area contributed by atoms with Crippen LogP contribution in [0, 0.1) is 19.7 Å².